The van der Waals surface area contributed by atoms with E-state index in [1.165, 1.54) is 45.2 Å². The molecule has 0 heterocycles. The van der Waals surface area contributed by atoms with E-state index in [2.05, 4.69) is 97.1 Å². The molecule has 40 heavy (non-hydrogen) atoms. The SMILES string of the molecule is Fc1cc(F)cc(-c2ccc3c4c(cccc24)-c2c-3c(-c3ccccc3)c3ccccc3c2-c2ccccc2)c1. The van der Waals surface area contributed by atoms with Crippen LogP contribution in [-0.4, -0.2) is 0 Å². The highest BCUT2D eigenvalue weighted by molar-refractivity contribution is 6.28. The first-order chi connectivity index (χ1) is 19.7. The summed E-state index contributed by atoms with van der Waals surface area (Å²) in [4.78, 5) is 0. The molecule has 0 fully saturated rings. The molecule has 0 aliphatic heterocycles. The summed E-state index contributed by atoms with van der Waals surface area (Å²) in [5.74, 6) is -1.16. The first kappa shape index (κ1) is 22.9. The molecule has 0 spiro atoms. The van der Waals surface area contributed by atoms with Gasteiger partial charge in [0.25, 0.3) is 0 Å². The van der Waals surface area contributed by atoms with Crippen LogP contribution in [0.25, 0.3) is 77.2 Å². The van der Waals surface area contributed by atoms with Gasteiger partial charge in [-0.3, -0.25) is 0 Å². The molecule has 0 nitrogen and oxygen atoms in total. The summed E-state index contributed by atoms with van der Waals surface area (Å²) in [5.41, 5.74) is 10.8. The third-order valence-electron chi connectivity index (χ3n) is 8.09. The number of benzene rings is 7. The first-order valence-electron chi connectivity index (χ1n) is 13.4. The second kappa shape index (κ2) is 8.72. The first-order valence-corrected chi connectivity index (χ1v) is 13.4. The van der Waals surface area contributed by atoms with Crippen molar-refractivity contribution in [3.63, 3.8) is 0 Å². The molecular formula is C38H22F2. The van der Waals surface area contributed by atoms with Gasteiger partial charge in [0.2, 0.25) is 0 Å². The Bertz CT molecular complexity index is 2000. The second-order valence-corrected chi connectivity index (χ2v) is 10.3. The Morgan fingerprint density at radius 2 is 0.800 bits per heavy atom. The molecule has 0 unspecified atom stereocenters. The monoisotopic (exact) mass is 516 g/mol. The van der Waals surface area contributed by atoms with Gasteiger partial charge in [0.1, 0.15) is 11.6 Å². The molecule has 0 atom stereocenters. The van der Waals surface area contributed by atoms with Crippen molar-refractivity contribution in [3.8, 4) is 55.6 Å². The largest absolute Gasteiger partial charge is 0.207 e. The second-order valence-electron chi connectivity index (χ2n) is 10.3. The minimum atomic E-state index is -0.578. The fraction of sp³-hybridized carbons (Fsp3) is 0. The van der Waals surface area contributed by atoms with Gasteiger partial charge >= 0.3 is 0 Å². The van der Waals surface area contributed by atoms with Crippen molar-refractivity contribution in [2.24, 2.45) is 0 Å². The molecule has 0 radical (unpaired) electrons. The molecule has 8 rings (SSSR count). The normalized spacial score (nSPS) is 11.8. The summed E-state index contributed by atoms with van der Waals surface area (Å²) in [7, 11) is 0. The van der Waals surface area contributed by atoms with Crippen LogP contribution in [0.5, 0.6) is 0 Å². The van der Waals surface area contributed by atoms with Crippen molar-refractivity contribution in [2.45, 2.75) is 0 Å². The van der Waals surface area contributed by atoms with Gasteiger partial charge in [-0.15, -0.1) is 0 Å². The van der Waals surface area contributed by atoms with Gasteiger partial charge < -0.3 is 0 Å². The van der Waals surface area contributed by atoms with Crippen LogP contribution in [0, 0.1) is 11.6 Å². The Morgan fingerprint density at radius 3 is 1.38 bits per heavy atom. The van der Waals surface area contributed by atoms with Crippen LogP contribution in [0.4, 0.5) is 8.78 Å². The molecule has 7 aromatic rings. The summed E-state index contributed by atoms with van der Waals surface area (Å²) in [5, 5.41) is 4.50. The third-order valence-corrected chi connectivity index (χ3v) is 8.09. The van der Waals surface area contributed by atoms with E-state index in [4.69, 9.17) is 0 Å². The van der Waals surface area contributed by atoms with E-state index >= 15 is 0 Å². The molecule has 0 amide bonds. The van der Waals surface area contributed by atoms with Gasteiger partial charge in [-0.1, -0.05) is 115 Å². The van der Waals surface area contributed by atoms with E-state index < -0.39 is 11.6 Å². The van der Waals surface area contributed by atoms with Crippen LogP contribution in [-0.2, 0) is 0 Å². The molecular weight excluding hydrogens is 494 g/mol. The third kappa shape index (κ3) is 3.29. The summed E-state index contributed by atoms with van der Waals surface area (Å²) in [6, 6.07) is 44.0. The molecule has 1 aliphatic rings. The van der Waals surface area contributed by atoms with E-state index in [0.29, 0.717) is 5.56 Å². The summed E-state index contributed by atoms with van der Waals surface area (Å²) < 4.78 is 28.6. The highest BCUT2D eigenvalue weighted by Crippen LogP contribution is 2.58. The van der Waals surface area contributed by atoms with Crippen molar-refractivity contribution in [3.05, 3.63) is 145 Å². The van der Waals surface area contributed by atoms with Gasteiger partial charge in [-0.05, 0) is 89.3 Å². The lowest BCUT2D eigenvalue weighted by Gasteiger charge is -2.20. The highest BCUT2D eigenvalue weighted by Gasteiger charge is 2.31. The van der Waals surface area contributed by atoms with Crippen LogP contribution in [0.15, 0.2) is 133 Å². The average molecular weight is 517 g/mol. The number of rotatable bonds is 3. The Kier molecular flexibility index (Phi) is 4.99. The molecule has 7 aromatic carbocycles. The Labute approximate surface area is 230 Å². The zero-order valence-electron chi connectivity index (χ0n) is 21.5. The lowest BCUT2D eigenvalue weighted by molar-refractivity contribution is 0.584. The van der Waals surface area contributed by atoms with E-state index in [1.807, 2.05) is 18.2 Å². The Balaban J connectivity index is 1.57. The Morgan fingerprint density at radius 1 is 0.325 bits per heavy atom. The van der Waals surface area contributed by atoms with E-state index in [-0.39, 0.29) is 0 Å². The minimum Gasteiger partial charge on any atom is -0.207 e. The molecule has 2 heteroatoms. The van der Waals surface area contributed by atoms with Crippen LogP contribution in [0.1, 0.15) is 0 Å². The summed E-state index contributed by atoms with van der Waals surface area (Å²) in [6.07, 6.45) is 0. The summed E-state index contributed by atoms with van der Waals surface area (Å²) in [6.45, 7) is 0. The van der Waals surface area contributed by atoms with Crippen molar-refractivity contribution >= 4 is 21.5 Å². The lowest BCUT2D eigenvalue weighted by atomic mass is 9.82. The topological polar surface area (TPSA) is 0 Å². The molecule has 0 saturated carbocycles. The zero-order chi connectivity index (χ0) is 26.8. The number of hydrogen-bond acceptors (Lipinski definition) is 0. The van der Waals surface area contributed by atoms with Crippen LogP contribution < -0.4 is 0 Å². The summed E-state index contributed by atoms with van der Waals surface area (Å²) >= 11 is 0. The van der Waals surface area contributed by atoms with Gasteiger partial charge in [0.05, 0.1) is 0 Å². The molecule has 0 bridgehead atoms. The standard InChI is InChI=1S/C38H22F2/c39-26-20-25(21-27(40)22-26)28-18-19-33-36-29(28)16-9-17-32(36)37-34(23-10-3-1-4-11-23)30-14-7-8-15-31(30)35(38(33)37)24-12-5-2-6-13-24/h1-22H. The number of hydrogen-bond donors (Lipinski definition) is 0. The zero-order valence-corrected chi connectivity index (χ0v) is 21.5. The van der Waals surface area contributed by atoms with E-state index in [9.17, 15) is 8.78 Å². The van der Waals surface area contributed by atoms with Crippen LogP contribution in [0.2, 0.25) is 0 Å². The van der Waals surface area contributed by atoms with Crippen LogP contribution >= 0.6 is 0 Å². The Hall–Kier alpha value is -5.08. The molecule has 188 valence electrons. The maximum absolute atomic E-state index is 14.3. The smallest absolute Gasteiger partial charge is 0.126 e. The minimum absolute atomic E-state index is 0.536. The fourth-order valence-corrected chi connectivity index (χ4v) is 6.57. The van der Waals surface area contributed by atoms with E-state index in [0.717, 1.165) is 44.7 Å². The molecule has 1 aliphatic carbocycles. The van der Waals surface area contributed by atoms with Crippen LogP contribution in [0.3, 0.4) is 0 Å². The molecule has 0 saturated heterocycles. The van der Waals surface area contributed by atoms with Crippen molar-refractivity contribution < 1.29 is 8.78 Å². The number of halogens is 2. The highest BCUT2D eigenvalue weighted by atomic mass is 19.1. The quantitative estimate of drug-likeness (QED) is 0.219. The molecule has 0 N–H and O–H groups in total. The molecule has 0 aromatic heterocycles. The van der Waals surface area contributed by atoms with E-state index in [1.54, 1.807) is 0 Å². The van der Waals surface area contributed by atoms with Gasteiger partial charge in [-0.2, -0.15) is 0 Å². The van der Waals surface area contributed by atoms with Gasteiger partial charge in [0.15, 0.2) is 0 Å². The predicted octanol–water partition coefficient (Wildman–Crippen LogP) is 10.9. The maximum Gasteiger partial charge on any atom is 0.126 e. The lowest BCUT2D eigenvalue weighted by Crippen LogP contribution is -1.93. The van der Waals surface area contributed by atoms with Crippen molar-refractivity contribution in [2.75, 3.05) is 0 Å². The number of fused-ring (bicyclic) bond motifs is 4. The van der Waals surface area contributed by atoms with Gasteiger partial charge in [0, 0.05) is 6.07 Å². The average Bonchev–Trinajstić information content (AvgIpc) is 3.31. The fourth-order valence-electron chi connectivity index (χ4n) is 6.57. The van der Waals surface area contributed by atoms with Gasteiger partial charge in [-0.25, -0.2) is 8.78 Å². The maximum atomic E-state index is 14.3. The van der Waals surface area contributed by atoms with Crippen molar-refractivity contribution in [1.82, 2.24) is 0 Å². The van der Waals surface area contributed by atoms with Crippen molar-refractivity contribution in [1.29, 1.82) is 0 Å². The predicted molar refractivity (Wildman–Crippen MR) is 162 cm³/mol.